The van der Waals surface area contributed by atoms with E-state index in [1.165, 1.54) is 6.21 Å². The second-order valence-electron chi connectivity index (χ2n) is 6.24. The molecule has 2 aromatic heterocycles. The summed E-state index contributed by atoms with van der Waals surface area (Å²) in [6, 6.07) is 20.3. The summed E-state index contributed by atoms with van der Waals surface area (Å²) >= 11 is 6.01. The third-order valence-corrected chi connectivity index (χ3v) is 4.47. The predicted molar refractivity (Wildman–Crippen MR) is 111 cm³/mol. The third kappa shape index (κ3) is 4.12. The van der Waals surface area contributed by atoms with Gasteiger partial charge in [0.1, 0.15) is 28.5 Å². The van der Waals surface area contributed by atoms with Crippen molar-refractivity contribution in [2.75, 3.05) is 0 Å². The molecule has 0 aliphatic rings. The van der Waals surface area contributed by atoms with Crippen molar-refractivity contribution in [1.82, 2.24) is 10.6 Å². The Morgan fingerprint density at radius 3 is 2.66 bits per heavy atom. The maximum absolute atomic E-state index is 12.6. The van der Waals surface area contributed by atoms with Crippen molar-refractivity contribution in [1.29, 1.82) is 0 Å². The van der Waals surface area contributed by atoms with Crippen LogP contribution in [0.25, 0.3) is 22.6 Å². The number of carbonyl (C=O) groups excluding carboxylic acids is 1. The monoisotopic (exact) mass is 405 g/mol. The molecule has 0 unspecified atom stereocenters. The predicted octanol–water partition coefficient (Wildman–Crippen LogP) is 5.33. The summed E-state index contributed by atoms with van der Waals surface area (Å²) in [5, 5.41) is 8.61. The van der Waals surface area contributed by atoms with E-state index in [1.807, 2.05) is 54.6 Å². The topological polar surface area (TPSA) is 80.6 Å². The fraction of sp³-hybridized carbons (Fsp3) is 0.0455. The van der Waals surface area contributed by atoms with Gasteiger partial charge in [-0.05, 0) is 31.2 Å². The van der Waals surface area contributed by atoms with Gasteiger partial charge in [0, 0.05) is 16.1 Å². The Morgan fingerprint density at radius 2 is 1.86 bits per heavy atom. The first kappa shape index (κ1) is 18.7. The average Bonchev–Trinajstić information content (AvgIpc) is 3.35. The molecule has 2 aromatic carbocycles. The van der Waals surface area contributed by atoms with E-state index in [1.54, 1.807) is 19.1 Å². The van der Waals surface area contributed by atoms with Crippen LogP contribution in [0.4, 0.5) is 0 Å². The highest BCUT2D eigenvalue weighted by atomic mass is 35.5. The maximum Gasteiger partial charge on any atom is 0.277 e. The SMILES string of the molecule is Cc1onc(-c2ccccc2)c1C(=O)N/N=C\c1ccc(-c2cccc(Cl)c2)o1. The Hall–Kier alpha value is -3.64. The van der Waals surface area contributed by atoms with Gasteiger partial charge in [0.05, 0.1) is 6.21 Å². The highest BCUT2D eigenvalue weighted by Gasteiger charge is 2.21. The van der Waals surface area contributed by atoms with Gasteiger partial charge in [-0.15, -0.1) is 0 Å². The molecule has 144 valence electrons. The number of benzene rings is 2. The second-order valence-corrected chi connectivity index (χ2v) is 6.68. The van der Waals surface area contributed by atoms with E-state index in [-0.39, 0.29) is 0 Å². The summed E-state index contributed by atoms with van der Waals surface area (Å²) in [4.78, 5) is 12.6. The van der Waals surface area contributed by atoms with Gasteiger partial charge >= 0.3 is 0 Å². The van der Waals surface area contributed by atoms with Gasteiger partial charge in [0.2, 0.25) is 0 Å². The van der Waals surface area contributed by atoms with Crippen molar-refractivity contribution in [2.45, 2.75) is 6.92 Å². The number of aromatic nitrogens is 1. The minimum Gasteiger partial charge on any atom is -0.455 e. The van der Waals surface area contributed by atoms with Crippen LogP contribution >= 0.6 is 11.6 Å². The highest BCUT2D eigenvalue weighted by Crippen LogP contribution is 2.25. The van der Waals surface area contributed by atoms with Crippen LogP contribution in [0.3, 0.4) is 0 Å². The van der Waals surface area contributed by atoms with Crippen molar-refractivity contribution in [3.63, 3.8) is 0 Å². The molecule has 1 amide bonds. The van der Waals surface area contributed by atoms with Crippen LogP contribution in [0, 0.1) is 6.92 Å². The molecule has 1 N–H and O–H groups in total. The minimum atomic E-state index is -0.416. The number of amides is 1. The summed E-state index contributed by atoms with van der Waals surface area (Å²) in [5.74, 6) is 1.14. The van der Waals surface area contributed by atoms with Crippen LogP contribution in [0.5, 0.6) is 0 Å². The fourth-order valence-electron chi connectivity index (χ4n) is 2.86. The molecule has 7 heteroatoms. The maximum atomic E-state index is 12.6. The zero-order valence-electron chi connectivity index (χ0n) is 15.4. The van der Waals surface area contributed by atoms with Gasteiger partial charge in [-0.1, -0.05) is 59.2 Å². The van der Waals surface area contributed by atoms with E-state index in [2.05, 4.69) is 15.7 Å². The van der Waals surface area contributed by atoms with Crippen LogP contribution in [0.1, 0.15) is 21.9 Å². The molecule has 0 atom stereocenters. The standard InChI is InChI=1S/C22H16ClN3O3/c1-14-20(21(26-29-14)15-6-3-2-4-7-15)22(27)25-24-13-18-10-11-19(28-18)16-8-5-9-17(23)12-16/h2-13H,1H3,(H,25,27)/b24-13-. The summed E-state index contributed by atoms with van der Waals surface area (Å²) < 4.78 is 10.9. The number of halogens is 1. The summed E-state index contributed by atoms with van der Waals surface area (Å²) in [7, 11) is 0. The third-order valence-electron chi connectivity index (χ3n) is 4.23. The molecule has 0 aliphatic carbocycles. The molecular formula is C22H16ClN3O3. The second kappa shape index (κ2) is 8.16. The molecule has 0 saturated heterocycles. The van der Waals surface area contributed by atoms with Crippen molar-refractivity contribution < 1.29 is 13.7 Å². The number of hydrogen-bond donors (Lipinski definition) is 1. The first-order valence-corrected chi connectivity index (χ1v) is 9.20. The van der Waals surface area contributed by atoms with Gasteiger partial charge in [-0.3, -0.25) is 4.79 Å². The molecule has 2 heterocycles. The molecule has 4 aromatic rings. The Kier molecular flexibility index (Phi) is 5.27. The number of furan rings is 1. The number of carbonyl (C=O) groups is 1. The molecular weight excluding hydrogens is 390 g/mol. The average molecular weight is 406 g/mol. The molecule has 4 rings (SSSR count). The Bertz CT molecular complexity index is 1180. The molecule has 29 heavy (non-hydrogen) atoms. The van der Waals surface area contributed by atoms with E-state index >= 15 is 0 Å². The van der Waals surface area contributed by atoms with Crippen LogP contribution in [-0.4, -0.2) is 17.3 Å². The smallest absolute Gasteiger partial charge is 0.277 e. The van der Waals surface area contributed by atoms with Crippen molar-refractivity contribution >= 4 is 23.7 Å². The molecule has 0 bridgehead atoms. The van der Waals surface area contributed by atoms with Crippen LogP contribution in [-0.2, 0) is 0 Å². The molecule has 0 spiro atoms. The summed E-state index contributed by atoms with van der Waals surface area (Å²) in [6.45, 7) is 1.68. The zero-order chi connectivity index (χ0) is 20.2. The molecule has 0 aliphatic heterocycles. The normalized spacial score (nSPS) is 11.1. The van der Waals surface area contributed by atoms with Gasteiger partial charge in [-0.2, -0.15) is 5.10 Å². The lowest BCUT2D eigenvalue weighted by Gasteiger charge is -2.01. The van der Waals surface area contributed by atoms with E-state index in [9.17, 15) is 4.79 Å². The highest BCUT2D eigenvalue weighted by molar-refractivity contribution is 6.30. The quantitative estimate of drug-likeness (QED) is 0.359. The number of nitrogens with one attached hydrogen (secondary N) is 1. The van der Waals surface area contributed by atoms with Crippen molar-refractivity contribution in [2.24, 2.45) is 5.10 Å². The first-order chi connectivity index (χ1) is 14.1. The lowest BCUT2D eigenvalue weighted by atomic mass is 10.1. The lowest BCUT2D eigenvalue weighted by molar-refractivity contribution is 0.0954. The van der Waals surface area contributed by atoms with E-state index in [0.717, 1.165) is 11.1 Å². The molecule has 6 nitrogen and oxygen atoms in total. The number of hydrazone groups is 1. The number of nitrogens with zero attached hydrogens (tertiary/aromatic N) is 2. The van der Waals surface area contributed by atoms with Crippen molar-refractivity contribution in [3.05, 3.63) is 88.8 Å². The first-order valence-electron chi connectivity index (χ1n) is 8.82. The molecule has 0 saturated carbocycles. The molecule has 0 fully saturated rings. The molecule has 0 radical (unpaired) electrons. The Morgan fingerprint density at radius 1 is 1.07 bits per heavy atom. The van der Waals surface area contributed by atoms with Gasteiger partial charge in [-0.25, -0.2) is 5.43 Å². The van der Waals surface area contributed by atoms with E-state index in [4.69, 9.17) is 20.5 Å². The van der Waals surface area contributed by atoms with Crippen LogP contribution in [0.2, 0.25) is 5.02 Å². The van der Waals surface area contributed by atoms with Gasteiger partial charge in [0.15, 0.2) is 0 Å². The fourth-order valence-corrected chi connectivity index (χ4v) is 3.05. The number of aryl methyl sites for hydroxylation is 1. The van der Waals surface area contributed by atoms with Crippen LogP contribution < -0.4 is 5.43 Å². The zero-order valence-corrected chi connectivity index (χ0v) is 16.2. The summed E-state index contributed by atoms with van der Waals surface area (Å²) in [6.07, 6.45) is 1.43. The minimum absolute atomic E-state index is 0.340. The number of rotatable bonds is 5. The number of hydrogen-bond acceptors (Lipinski definition) is 5. The Balaban J connectivity index is 1.48. The van der Waals surface area contributed by atoms with Crippen LogP contribution in [0.15, 0.2) is 80.8 Å². The van der Waals surface area contributed by atoms with E-state index < -0.39 is 5.91 Å². The largest absolute Gasteiger partial charge is 0.455 e. The lowest BCUT2D eigenvalue weighted by Crippen LogP contribution is -2.18. The van der Waals surface area contributed by atoms with E-state index in [0.29, 0.717) is 33.6 Å². The van der Waals surface area contributed by atoms with Gasteiger partial charge in [0.25, 0.3) is 5.91 Å². The summed E-state index contributed by atoms with van der Waals surface area (Å²) in [5.41, 5.74) is 4.94. The van der Waals surface area contributed by atoms with Gasteiger partial charge < -0.3 is 8.94 Å². The van der Waals surface area contributed by atoms with Crippen molar-refractivity contribution in [3.8, 4) is 22.6 Å². The Labute approximate surface area is 171 Å².